The van der Waals surface area contributed by atoms with Crippen LogP contribution in [0.15, 0.2) is 24.3 Å². The van der Waals surface area contributed by atoms with Crippen molar-refractivity contribution in [2.75, 3.05) is 6.54 Å². The molecule has 0 radical (unpaired) electrons. The highest BCUT2D eigenvalue weighted by atomic mass is 16.2. The third-order valence-electron chi connectivity index (χ3n) is 4.33. The standard InChI is InChI=1S/C17H18N2O2/c18-9-3-6-12-4-1-2-5-15(12)11-19-16(20)13-7-8-14(10-13)17(19)21/h1-2,4-5,13-14H,7-11,18H2. The predicted octanol–water partition coefficient (Wildman–Crippen LogP) is 1.28. The van der Waals surface area contributed by atoms with E-state index in [4.69, 9.17) is 5.73 Å². The normalized spacial score (nSPS) is 24.0. The van der Waals surface area contributed by atoms with Gasteiger partial charge in [0.05, 0.1) is 13.1 Å². The second kappa shape index (κ2) is 5.71. The van der Waals surface area contributed by atoms with Crippen LogP contribution in [0.2, 0.25) is 0 Å². The average Bonchev–Trinajstić information content (AvgIpc) is 2.96. The monoisotopic (exact) mass is 282 g/mol. The summed E-state index contributed by atoms with van der Waals surface area (Å²) >= 11 is 0. The number of fused-ring (bicyclic) bond motifs is 2. The molecule has 4 heteroatoms. The highest BCUT2D eigenvalue weighted by Crippen LogP contribution is 2.38. The van der Waals surface area contributed by atoms with Crippen molar-refractivity contribution in [3.8, 4) is 11.8 Å². The number of hydrogen-bond acceptors (Lipinski definition) is 3. The third kappa shape index (κ3) is 2.57. The summed E-state index contributed by atoms with van der Waals surface area (Å²) in [7, 11) is 0. The van der Waals surface area contributed by atoms with Crippen molar-refractivity contribution < 1.29 is 9.59 Å². The fourth-order valence-corrected chi connectivity index (χ4v) is 3.23. The molecule has 2 unspecified atom stereocenters. The first kappa shape index (κ1) is 13.8. The summed E-state index contributed by atoms with van der Waals surface area (Å²) in [6, 6.07) is 7.60. The Morgan fingerprint density at radius 2 is 1.81 bits per heavy atom. The molecule has 2 bridgehead atoms. The van der Waals surface area contributed by atoms with Gasteiger partial charge in [-0.05, 0) is 30.9 Å². The molecule has 0 aromatic heterocycles. The first-order valence-electron chi connectivity index (χ1n) is 7.32. The molecule has 3 rings (SSSR count). The fraction of sp³-hybridized carbons (Fsp3) is 0.412. The topological polar surface area (TPSA) is 63.4 Å². The molecular formula is C17H18N2O2. The van der Waals surface area contributed by atoms with Gasteiger partial charge >= 0.3 is 0 Å². The smallest absolute Gasteiger partial charge is 0.232 e. The molecule has 1 heterocycles. The second-order valence-corrected chi connectivity index (χ2v) is 5.63. The van der Waals surface area contributed by atoms with Crippen molar-refractivity contribution in [2.45, 2.75) is 25.8 Å². The Labute approximate surface area is 124 Å². The highest BCUT2D eigenvalue weighted by Gasteiger charge is 2.45. The molecule has 1 aliphatic heterocycles. The van der Waals surface area contributed by atoms with Gasteiger partial charge in [-0.25, -0.2) is 0 Å². The molecule has 21 heavy (non-hydrogen) atoms. The first-order valence-corrected chi connectivity index (χ1v) is 7.32. The molecule has 2 aliphatic rings. The molecule has 1 saturated heterocycles. The van der Waals surface area contributed by atoms with Crippen molar-refractivity contribution in [3.63, 3.8) is 0 Å². The van der Waals surface area contributed by atoms with Gasteiger partial charge in [0.2, 0.25) is 11.8 Å². The van der Waals surface area contributed by atoms with Crippen LogP contribution in [-0.4, -0.2) is 23.3 Å². The predicted molar refractivity (Wildman–Crippen MR) is 78.8 cm³/mol. The highest BCUT2D eigenvalue weighted by molar-refractivity contribution is 6.00. The average molecular weight is 282 g/mol. The molecule has 4 nitrogen and oxygen atoms in total. The number of nitrogens with zero attached hydrogens (tertiary/aromatic N) is 1. The van der Waals surface area contributed by atoms with E-state index < -0.39 is 0 Å². The molecular weight excluding hydrogens is 264 g/mol. The van der Waals surface area contributed by atoms with Gasteiger partial charge in [0.1, 0.15) is 0 Å². The number of imide groups is 1. The quantitative estimate of drug-likeness (QED) is 0.656. The molecule has 1 saturated carbocycles. The van der Waals surface area contributed by atoms with Gasteiger partial charge in [-0.2, -0.15) is 0 Å². The van der Waals surface area contributed by atoms with E-state index in [0.717, 1.165) is 30.4 Å². The van der Waals surface area contributed by atoms with Crippen LogP contribution >= 0.6 is 0 Å². The van der Waals surface area contributed by atoms with Gasteiger partial charge in [-0.15, -0.1) is 0 Å². The van der Waals surface area contributed by atoms with Gasteiger partial charge in [0.15, 0.2) is 0 Å². The number of nitrogens with two attached hydrogens (primary N) is 1. The Morgan fingerprint density at radius 3 is 2.48 bits per heavy atom. The van der Waals surface area contributed by atoms with E-state index in [0.29, 0.717) is 13.1 Å². The lowest BCUT2D eigenvalue weighted by atomic mass is 9.96. The minimum Gasteiger partial charge on any atom is -0.320 e. The van der Waals surface area contributed by atoms with E-state index in [9.17, 15) is 9.59 Å². The van der Waals surface area contributed by atoms with Crippen molar-refractivity contribution in [1.82, 2.24) is 4.90 Å². The van der Waals surface area contributed by atoms with Gasteiger partial charge in [-0.3, -0.25) is 14.5 Å². The Kier molecular flexibility index (Phi) is 3.76. The molecule has 2 amide bonds. The van der Waals surface area contributed by atoms with Gasteiger partial charge < -0.3 is 5.73 Å². The van der Waals surface area contributed by atoms with Crippen LogP contribution in [0.4, 0.5) is 0 Å². The number of amides is 2. The number of carbonyl (C=O) groups is 2. The maximum atomic E-state index is 12.4. The van der Waals surface area contributed by atoms with Crippen LogP contribution in [0.5, 0.6) is 0 Å². The summed E-state index contributed by atoms with van der Waals surface area (Å²) in [4.78, 5) is 26.2. The molecule has 1 aliphatic carbocycles. The van der Waals surface area contributed by atoms with Crippen molar-refractivity contribution in [1.29, 1.82) is 0 Å². The van der Waals surface area contributed by atoms with E-state index in [1.165, 1.54) is 4.90 Å². The minimum atomic E-state index is -0.0182. The molecule has 1 aromatic carbocycles. The number of benzene rings is 1. The van der Waals surface area contributed by atoms with Gasteiger partial charge in [0.25, 0.3) is 0 Å². The lowest BCUT2D eigenvalue weighted by Gasteiger charge is -2.30. The molecule has 2 atom stereocenters. The fourth-order valence-electron chi connectivity index (χ4n) is 3.23. The van der Waals surface area contributed by atoms with E-state index in [2.05, 4.69) is 11.8 Å². The van der Waals surface area contributed by atoms with Gasteiger partial charge in [-0.1, -0.05) is 30.0 Å². The lowest BCUT2D eigenvalue weighted by Crippen LogP contribution is -2.45. The van der Waals surface area contributed by atoms with E-state index in [-0.39, 0.29) is 23.7 Å². The summed E-state index contributed by atoms with van der Waals surface area (Å²) in [6.07, 6.45) is 2.43. The lowest BCUT2D eigenvalue weighted by molar-refractivity contribution is -0.153. The Morgan fingerprint density at radius 1 is 1.14 bits per heavy atom. The summed E-state index contributed by atoms with van der Waals surface area (Å²) < 4.78 is 0. The molecule has 2 N–H and O–H groups in total. The summed E-state index contributed by atoms with van der Waals surface area (Å²) in [5.41, 5.74) is 7.15. The van der Waals surface area contributed by atoms with Crippen LogP contribution in [0.1, 0.15) is 30.4 Å². The number of carbonyl (C=O) groups excluding carboxylic acids is 2. The largest absolute Gasteiger partial charge is 0.320 e. The van der Waals surface area contributed by atoms with E-state index in [1.807, 2.05) is 24.3 Å². The number of hydrogen-bond donors (Lipinski definition) is 1. The van der Waals surface area contributed by atoms with Crippen LogP contribution in [0, 0.1) is 23.7 Å². The Hall–Kier alpha value is -2.12. The Bertz CT molecular complexity index is 620. The van der Waals surface area contributed by atoms with Crippen molar-refractivity contribution >= 4 is 11.8 Å². The number of likely N-dealkylation sites (tertiary alicyclic amines) is 1. The first-order chi connectivity index (χ1) is 10.2. The molecule has 2 fully saturated rings. The maximum Gasteiger partial charge on any atom is 0.232 e. The van der Waals surface area contributed by atoms with Crippen LogP contribution in [0.3, 0.4) is 0 Å². The number of piperidine rings is 1. The summed E-state index contributed by atoms with van der Waals surface area (Å²) in [6.45, 7) is 0.611. The zero-order chi connectivity index (χ0) is 14.8. The van der Waals surface area contributed by atoms with Crippen LogP contribution in [0.25, 0.3) is 0 Å². The van der Waals surface area contributed by atoms with E-state index >= 15 is 0 Å². The Balaban J connectivity index is 1.86. The maximum absolute atomic E-state index is 12.4. The van der Waals surface area contributed by atoms with Crippen molar-refractivity contribution in [3.05, 3.63) is 35.4 Å². The SMILES string of the molecule is NCC#Cc1ccccc1CN1C(=O)C2CCC(C2)C1=O. The van der Waals surface area contributed by atoms with E-state index in [1.54, 1.807) is 0 Å². The third-order valence-corrected chi connectivity index (χ3v) is 4.33. The van der Waals surface area contributed by atoms with Crippen molar-refractivity contribution in [2.24, 2.45) is 17.6 Å². The molecule has 108 valence electrons. The second-order valence-electron chi connectivity index (χ2n) is 5.63. The van der Waals surface area contributed by atoms with Crippen LogP contribution in [-0.2, 0) is 16.1 Å². The zero-order valence-corrected chi connectivity index (χ0v) is 11.8. The minimum absolute atomic E-state index is 0.0182. The van der Waals surface area contributed by atoms with Crippen LogP contribution < -0.4 is 5.73 Å². The summed E-state index contributed by atoms with van der Waals surface area (Å²) in [5, 5.41) is 0. The molecule has 1 aromatic rings. The number of rotatable bonds is 2. The molecule has 0 spiro atoms. The van der Waals surface area contributed by atoms with Gasteiger partial charge in [0, 0.05) is 17.4 Å². The summed E-state index contributed by atoms with van der Waals surface area (Å²) in [5.74, 6) is 5.87. The zero-order valence-electron chi connectivity index (χ0n) is 11.8.